The zero-order chi connectivity index (χ0) is 17.6. The maximum atomic E-state index is 12.0. The summed E-state index contributed by atoms with van der Waals surface area (Å²) >= 11 is 0. The molecule has 0 aliphatic rings. The molecule has 2 aromatic carbocycles. The highest BCUT2D eigenvalue weighted by molar-refractivity contribution is 5.90. The molecule has 0 saturated heterocycles. The van der Waals surface area contributed by atoms with Crippen LogP contribution < -0.4 is 10.1 Å². The minimum absolute atomic E-state index is 0.119. The molecule has 1 heterocycles. The highest BCUT2D eigenvalue weighted by Gasteiger charge is 2.13. The molecule has 0 aliphatic heterocycles. The Labute approximate surface area is 145 Å². The molecule has 0 fully saturated rings. The molecule has 25 heavy (non-hydrogen) atoms. The molecule has 1 amide bonds. The molecule has 0 atom stereocenters. The second-order valence-electron chi connectivity index (χ2n) is 5.57. The van der Waals surface area contributed by atoms with Gasteiger partial charge in [-0.2, -0.15) is 4.98 Å². The fraction of sp³-hybridized carbons (Fsp3) is 0.211. The number of ether oxygens (including phenoxy) is 1. The van der Waals surface area contributed by atoms with Gasteiger partial charge in [0.25, 0.3) is 17.7 Å². The SMILES string of the molecule is CCc1ccc(OCC(=O)Nc2noc(-c3ccccc3C)n2)cc1. The number of nitrogens with zero attached hydrogens (tertiary/aromatic N) is 2. The Morgan fingerprint density at radius 3 is 2.64 bits per heavy atom. The molecule has 0 bridgehead atoms. The second-order valence-corrected chi connectivity index (χ2v) is 5.57. The van der Waals surface area contributed by atoms with Crippen molar-refractivity contribution in [3.63, 3.8) is 0 Å². The van der Waals surface area contributed by atoms with Crippen LogP contribution in [0.25, 0.3) is 11.5 Å². The summed E-state index contributed by atoms with van der Waals surface area (Å²) in [6, 6.07) is 15.3. The summed E-state index contributed by atoms with van der Waals surface area (Å²) in [5.41, 5.74) is 3.07. The summed E-state index contributed by atoms with van der Waals surface area (Å²) in [5, 5.41) is 6.34. The van der Waals surface area contributed by atoms with Crippen LogP contribution in [0.5, 0.6) is 5.75 Å². The largest absolute Gasteiger partial charge is 0.484 e. The van der Waals surface area contributed by atoms with E-state index in [4.69, 9.17) is 9.26 Å². The van der Waals surface area contributed by atoms with E-state index in [1.54, 1.807) is 0 Å². The minimum Gasteiger partial charge on any atom is -0.484 e. The summed E-state index contributed by atoms with van der Waals surface area (Å²) < 4.78 is 10.7. The number of carbonyl (C=O) groups excluding carboxylic acids is 1. The molecular weight excluding hydrogens is 318 g/mol. The predicted molar refractivity (Wildman–Crippen MR) is 94.4 cm³/mol. The van der Waals surface area contributed by atoms with E-state index in [0.717, 1.165) is 17.5 Å². The maximum Gasteiger partial charge on any atom is 0.270 e. The number of aromatic nitrogens is 2. The van der Waals surface area contributed by atoms with Crippen LogP contribution in [0.1, 0.15) is 18.1 Å². The number of anilines is 1. The smallest absolute Gasteiger partial charge is 0.270 e. The lowest BCUT2D eigenvalue weighted by Gasteiger charge is -2.05. The van der Waals surface area contributed by atoms with Gasteiger partial charge in [-0.25, -0.2) is 0 Å². The average Bonchev–Trinajstić information content (AvgIpc) is 3.09. The first-order valence-electron chi connectivity index (χ1n) is 8.07. The molecule has 6 heteroatoms. The lowest BCUT2D eigenvalue weighted by molar-refractivity contribution is -0.118. The summed E-state index contributed by atoms with van der Waals surface area (Å²) in [6.07, 6.45) is 0.960. The van der Waals surface area contributed by atoms with Gasteiger partial charge in [-0.05, 0) is 47.8 Å². The van der Waals surface area contributed by atoms with Crippen LogP contribution in [0.2, 0.25) is 0 Å². The van der Waals surface area contributed by atoms with Gasteiger partial charge in [0.2, 0.25) is 0 Å². The summed E-state index contributed by atoms with van der Waals surface area (Å²) in [7, 11) is 0. The van der Waals surface area contributed by atoms with Gasteiger partial charge in [-0.3, -0.25) is 10.1 Å². The molecule has 0 radical (unpaired) electrons. The normalized spacial score (nSPS) is 10.5. The monoisotopic (exact) mass is 337 g/mol. The molecule has 0 spiro atoms. The second kappa shape index (κ2) is 7.61. The van der Waals surface area contributed by atoms with Crippen LogP contribution >= 0.6 is 0 Å². The quantitative estimate of drug-likeness (QED) is 0.743. The third kappa shape index (κ3) is 4.23. The first-order chi connectivity index (χ1) is 12.2. The zero-order valence-corrected chi connectivity index (χ0v) is 14.2. The van der Waals surface area contributed by atoms with Gasteiger partial charge < -0.3 is 9.26 Å². The Balaban J connectivity index is 1.57. The zero-order valence-electron chi connectivity index (χ0n) is 14.2. The van der Waals surface area contributed by atoms with Crippen molar-refractivity contribution in [3.8, 4) is 17.2 Å². The predicted octanol–water partition coefficient (Wildman–Crippen LogP) is 3.62. The first kappa shape index (κ1) is 16.7. The fourth-order valence-corrected chi connectivity index (χ4v) is 2.33. The molecule has 0 saturated carbocycles. The van der Waals surface area contributed by atoms with Gasteiger partial charge in [0.1, 0.15) is 5.75 Å². The molecule has 0 aliphatic carbocycles. The molecular formula is C19H19N3O3. The summed E-state index contributed by atoms with van der Waals surface area (Å²) in [6.45, 7) is 3.91. The highest BCUT2D eigenvalue weighted by Crippen LogP contribution is 2.22. The van der Waals surface area contributed by atoms with E-state index in [1.165, 1.54) is 5.56 Å². The van der Waals surface area contributed by atoms with E-state index >= 15 is 0 Å². The van der Waals surface area contributed by atoms with Gasteiger partial charge in [-0.15, -0.1) is 0 Å². The minimum atomic E-state index is -0.350. The van der Waals surface area contributed by atoms with E-state index in [0.29, 0.717) is 11.6 Å². The van der Waals surface area contributed by atoms with Gasteiger partial charge in [0, 0.05) is 5.56 Å². The number of carbonyl (C=O) groups is 1. The van der Waals surface area contributed by atoms with E-state index in [1.807, 2.05) is 55.5 Å². The van der Waals surface area contributed by atoms with Gasteiger partial charge in [0.05, 0.1) is 0 Å². The van der Waals surface area contributed by atoms with Crippen molar-refractivity contribution in [2.24, 2.45) is 0 Å². The molecule has 1 aromatic heterocycles. The Bertz CT molecular complexity index is 856. The number of hydrogen-bond acceptors (Lipinski definition) is 5. The van der Waals surface area contributed by atoms with Crippen molar-refractivity contribution in [2.75, 3.05) is 11.9 Å². The summed E-state index contributed by atoms with van der Waals surface area (Å²) in [4.78, 5) is 16.2. The summed E-state index contributed by atoms with van der Waals surface area (Å²) in [5.74, 6) is 0.774. The van der Waals surface area contributed by atoms with Crippen LogP contribution in [0.4, 0.5) is 5.95 Å². The fourth-order valence-electron chi connectivity index (χ4n) is 2.33. The lowest BCUT2D eigenvalue weighted by atomic mass is 10.1. The van der Waals surface area contributed by atoms with Crippen LogP contribution in [0.15, 0.2) is 53.1 Å². The molecule has 1 N–H and O–H groups in total. The van der Waals surface area contributed by atoms with E-state index < -0.39 is 0 Å². The molecule has 128 valence electrons. The number of benzene rings is 2. The highest BCUT2D eigenvalue weighted by atomic mass is 16.5. The van der Waals surface area contributed by atoms with Crippen LogP contribution in [-0.2, 0) is 11.2 Å². The van der Waals surface area contributed by atoms with Crippen LogP contribution in [0.3, 0.4) is 0 Å². The Morgan fingerprint density at radius 2 is 1.92 bits per heavy atom. The number of rotatable bonds is 6. The van der Waals surface area contributed by atoms with E-state index in [9.17, 15) is 4.79 Å². The number of hydrogen-bond donors (Lipinski definition) is 1. The topological polar surface area (TPSA) is 77.2 Å². The molecule has 3 rings (SSSR count). The van der Waals surface area contributed by atoms with Crippen molar-refractivity contribution in [2.45, 2.75) is 20.3 Å². The lowest BCUT2D eigenvalue weighted by Crippen LogP contribution is -2.20. The number of nitrogens with one attached hydrogen (secondary N) is 1. The maximum absolute atomic E-state index is 12.0. The van der Waals surface area contributed by atoms with Crippen molar-refractivity contribution < 1.29 is 14.1 Å². The van der Waals surface area contributed by atoms with Gasteiger partial charge in [-0.1, -0.05) is 37.3 Å². The van der Waals surface area contributed by atoms with Gasteiger partial charge >= 0.3 is 0 Å². The Hall–Kier alpha value is -3.15. The van der Waals surface area contributed by atoms with Gasteiger partial charge in [0.15, 0.2) is 6.61 Å². The van der Waals surface area contributed by atoms with Crippen molar-refractivity contribution in [3.05, 3.63) is 59.7 Å². The number of amides is 1. The molecule has 3 aromatic rings. The third-order valence-electron chi connectivity index (χ3n) is 3.75. The molecule has 0 unspecified atom stereocenters. The van der Waals surface area contributed by atoms with Crippen molar-refractivity contribution in [1.82, 2.24) is 10.1 Å². The third-order valence-corrected chi connectivity index (χ3v) is 3.75. The standard InChI is InChI=1S/C19H19N3O3/c1-3-14-8-10-15(11-9-14)24-12-17(23)20-19-21-18(25-22-19)16-7-5-4-6-13(16)2/h4-11H,3,12H2,1-2H3,(H,20,22,23). The van der Waals surface area contributed by atoms with Crippen molar-refractivity contribution in [1.29, 1.82) is 0 Å². The van der Waals surface area contributed by atoms with Crippen LogP contribution in [-0.4, -0.2) is 22.7 Å². The number of aryl methyl sites for hydroxylation is 2. The Kier molecular flexibility index (Phi) is 5.09. The van der Waals surface area contributed by atoms with E-state index in [-0.39, 0.29) is 18.5 Å². The van der Waals surface area contributed by atoms with Crippen LogP contribution in [0, 0.1) is 6.92 Å². The first-order valence-corrected chi connectivity index (χ1v) is 8.07. The Morgan fingerprint density at radius 1 is 1.16 bits per heavy atom. The van der Waals surface area contributed by atoms with E-state index in [2.05, 4.69) is 22.4 Å². The molecule has 6 nitrogen and oxygen atoms in total. The average molecular weight is 337 g/mol. The van der Waals surface area contributed by atoms with Crippen molar-refractivity contribution >= 4 is 11.9 Å².